The molecule has 2 fully saturated rings. The molecule has 0 aliphatic carbocycles. The molecular weight excluding hydrogens is 376 g/mol. The van der Waals surface area contributed by atoms with Gasteiger partial charge in [-0.3, -0.25) is 4.79 Å². The molecule has 0 unspecified atom stereocenters. The third-order valence-corrected chi connectivity index (χ3v) is 7.03. The number of amides is 1. The van der Waals surface area contributed by atoms with Crippen molar-refractivity contribution in [3.05, 3.63) is 59.8 Å². The highest BCUT2D eigenvalue weighted by molar-refractivity contribution is 7.90. The van der Waals surface area contributed by atoms with Crippen molar-refractivity contribution in [1.29, 1.82) is 0 Å². The second kappa shape index (κ2) is 7.89. The second-order valence-electron chi connectivity index (χ2n) is 7.28. The molecule has 148 valence electrons. The van der Waals surface area contributed by atoms with E-state index in [4.69, 9.17) is 0 Å². The van der Waals surface area contributed by atoms with Gasteiger partial charge in [-0.1, -0.05) is 18.2 Å². The minimum atomic E-state index is -3.48. The van der Waals surface area contributed by atoms with E-state index in [1.165, 1.54) is 12.8 Å². The van der Waals surface area contributed by atoms with Crippen LogP contribution in [0.5, 0.6) is 0 Å². The Balaban J connectivity index is 1.32. The fourth-order valence-corrected chi connectivity index (χ4v) is 4.91. The maximum atomic E-state index is 12.6. The molecule has 1 amide bonds. The van der Waals surface area contributed by atoms with Gasteiger partial charge < -0.3 is 9.80 Å². The Morgan fingerprint density at radius 2 is 1.82 bits per heavy atom. The van der Waals surface area contributed by atoms with E-state index in [0.29, 0.717) is 5.56 Å². The van der Waals surface area contributed by atoms with Gasteiger partial charge in [-0.15, -0.1) is 0 Å². The van der Waals surface area contributed by atoms with Crippen molar-refractivity contribution < 1.29 is 13.2 Å². The van der Waals surface area contributed by atoms with E-state index >= 15 is 0 Å². The fraction of sp³-hybridized carbons (Fsp3) is 0.400. The maximum Gasteiger partial charge on any atom is 0.253 e. The number of carbonyl (C=O) groups excluding carboxylic acids is 1. The first-order valence-corrected chi connectivity index (χ1v) is 11.1. The van der Waals surface area contributed by atoms with Crippen LogP contribution in [0.15, 0.2) is 48.7 Å². The quantitative estimate of drug-likeness (QED) is 0.797. The maximum absolute atomic E-state index is 12.6. The Morgan fingerprint density at radius 1 is 1.11 bits per heavy atom. The summed E-state index contributed by atoms with van der Waals surface area (Å²) >= 11 is 0. The number of likely N-dealkylation sites (tertiary alicyclic amines) is 1. The number of carbonyl (C=O) groups is 1. The van der Waals surface area contributed by atoms with E-state index in [1.807, 2.05) is 18.2 Å². The monoisotopic (exact) mass is 400 g/mol. The van der Waals surface area contributed by atoms with Crippen LogP contribution in [-0.4, -0.2) is 55.6 Å². The molecule has 0 radical (unpaired) electrons. The zero-order chi connectivity index (χ0) is 19.6. The van der Waals surface area contributed by atoms with Gasteiger partial charge in [0, 0.05) is 44.5 Å². The summed E-state index contributed by atoms with van der Waals surface area (Å²) in [5, 5.41) is -0.569. The minimum absolute atomic E-state index is 0.128. The first kappa shape index (κ1) is 18.9. The van der Waals surface area contributed by atoms with Crippen LogP contribution >= 0.6 is 0 Å². The molecule has 0 spiro atoms. The lowest BCUT2D eigenvalue weighted by Gasteiger charge is -2.38. The van der Waals surface area contributed by atoms with Crippen molar-refractivity contribution in [2.24, 2.45) is 0 Å². The molecule has 1 aromatic heterocycles. The van der Waals surface area contributed by atoms with Crippen LogP contribution in [0.4, 0.5) is 5.82 Å². The molecule has 3 heterocycles. The molecule has 7 nitrogen and oxygen atoms in total. The predicted molar refractivity (Wildman–Crippen MR) is 108 cm³/mol. The lowest BCUT2D eigenvalue weighted by Crippen LogP contribution is -2.59. The van der Waals surface area contributed by atoms with Gasteiger partial charge in [0.05, 0.1) is 0 Å². The van der Waals surface area contributed by atoms with E-state index in [1.54, 1.807) is 35.4 Å². The third kappa shape index (κ3) is 4.02. The van der Waals surface area contributed by atoms with Crippen LogP contribution in [0.25, 0.3) is 0 Å². The van der Waals surface area contributed by atoms with E-state index < -0.39 is 15.3 Å². The van der Waals surface area contributed by atoms with E-state index in [2.05, 4.69) is 14.6 Å². The van der Waals surface area contributed by atoms with Gasteiger partial charge in [0.1, 0.15) is 11.1 Å². The van der Waals surface area contributed by atoms with Gasteiger partial charge in [0.25, 0.3) is 5.91 Å². The number of nitrogens with one attached hydrogen (secondary N) is 1. The Kier molecular flexibility index (Phi) is 5.32. The van der Waals surface area contributed by atoms with Gasteiger partial charge in [-0.2, -0.15) is 0 Å². The first-order chi connectivity index (χ1) is 13.5. The van der Waals surface area contributed by atoms with Crippen LogP contribution in [0.2, 0.25) is 0 Å². The molecule has 2 aromatic rings. The van der Waals surface area contributed by atoms with Crippen molar-refractivity contribution in [3.63, 3.8) is 0 Å². The van der Waals surface area contributed by atoms with Crippen molar-refractivity contribution >= 4 is 21.7 Å². The Morgan fingerprint density at radius 3 is 2.54 bits per heavy atom. The second-order valence-corrected chi connectivity index (χ2v) is 9.33. The van der Waals surface area contributed by atoms with Gasteiger partial charge in [0.15, 0.2) is 0 Å². The highest BCUT2D eigenvalue weighted by Crippen LogP contribution is 2.21. The smallest absolute Gasteiger partial charge is 0.253 e. The summed E-state index contributed by atoms with van der Waals surface area (Å²) in [5.74, 6) is 0.772. The molecule has 1 aromatic carbocycles. The molecule has 8 heteroatoms. The molecule has 2 aliphatic rings. The summed E-state index contributed by atoms with van der Waals surface area (Å²) in [5.41, 5.74) is 1.47. The highest BCUT2D eigenvalue weighted by atomic mass is 32.2. The Labute approximate surface area is 165 Å². The van der Waals surface area contributed by atoms with Gasteiger partial charge in [0.2, 0.25) is 10.0 Å². The molecule has 1 N–H and O–H groups in total. The lowest BCUT2D eigenvalue weighted by molar-refractivity contribution is 0.0658. The van der Waals surface area contributed by atoms with Crippen LogP contribution in [0.3, 0.4) is 0 Å². The predicted octanol–water partition coefficient (Wildman–Crippen LogP) is 1.63. The Hall–Kier alpha value is -2.45. The average molecular weight is 401 g/mol. The summed E-state index contributed by atoms with van der Waals surface area (Å²) in [6.45, 7) is 2.66. The van der Waals surface area contributed by atoms with Gasteiger partial charge in [-0.25, -0.2) is 18.1 Å². The van der Waals surface area contributed by atoms with E-state index in [9.17, 15) is 13.2 Å². The van der Waals surface area contributed by atoms with Gasteiger partial charge >= 0.3 is 0 Å². The number of sulfonamides is 1. The average Bonchev–Trinajstić information content (AvgIpc) is 3.21. The molecule has 0 saturated carbocycles. The largest absolute Gasteiger partial charge is 0.357 e. The number of anilines is 1. The summed E-state index contributed by atoms with van der Waals surface area (Å²) < 4.78 is 27.8. The number of aromatic nitrogens is 1. The molecule has 0 atom stereocenters. The number of benzene rings is 1. The molecule has 4 rings (SSSR count). The van der Waals surface area contributed by atoms with Crippen LogP contribution in [-0.2, 0) is 16.6 Å². The molecule has 28 heavy (non-hydrogen) atoms. The summed E-state index contributed by atoms with van der Waals surface area (Å²) in [6.07, 6.45) is 4.05. The van der Waals surface area contributed by atoms with Gasteiger partial charge in [-0.05, 0) is 42.7 Å². The van der Waals surface area contributed by atoms with Crippen LogP contribution < -0.4 is 9.62 Å². The zero-order valence-corrected chi connectivity index (χ0v) is 16.4. The van der Waals surface area contributed by atoms with Crippen molar-refractivity contribution in [3.8, 4) is 0 Å². The van der Waals surface area contributed by atoms with E-state index in [-0.39, 0.29) is 25.5 Å². The summed E-state index contributed by atoms with van der Waals surface area (Å²) in [7, 11) is -3.48. The van der Waals surface area contributed by atoms with Crippen LogP contribution in [0.1, 0.15) is 28.8 Å². The normalized spacial score (nSPS) is 17.6. The van der Waals surface area contributed by atoms with Crippen molar-refractivity contribution in [2.75, 3.05) is 31.1 Å². The molecular formula is C20H24N4O3S. The van der Waals surface area contributed by atoms with Crippen LogP contribution in [0, 0.1) is 0 Å². The number of nitrogens with zero attached hydrogens (tertiary/aromatic N) is 3. The zero-order valence-electron chi connectivity index (χ0n) is 15.6. The number of hydrogen-bond acceptors (Lipinski definition) is 5. The number of rotatable bonds is 6. The fourth-order valence-electron chi connectivity index (χ4n) is 3.55. The number of hydrogen-bond donors (Lipinski definition) is 1. The van der Waals surface area contributed by atoms with Crippen molar-refractivity contribution in [2.45, 2.75) is 24.6 Å². The Bertz CT molecular complexity index is 937. The SMILES string of the molecule is O=C(c1ccccc1)N1CC(S(=O)(=O)NCc2ccnc(N3CCCC3)c2)C1. The number of pyridine rings is 1. The summed E-state index contributed by atoms with van der Waals surface area (Å²) in [4.78, 5) is 20.5. The molecule has 0 bridgehead atoms. The topological polar surface area (TPSA) is 82.6 Å². The summed E-state index contributed by atoms with van der Waals surface area (Å²) in [6, 6.07) is 12.7. The lowest BCUT2D eigenvalue weighted by atomic mass is 10.1. The highest BCUT2D eigenvalue weighted by Gasteiger charge is 2.39. The third-order valence-electron chi connectivity index (χ3n) is 5.31. The first-order valence-electron chi connectivity index (χ1n) is 9.55. The van der Waals surface area contributed by atoms with E-state index in [0.717, 1.165) is 24.5 Å². The standard InChI is InChI=1S/C20H24N4O3S/c25-20(17-6-2-1-3-7-17)24-14-18(15-24)28(26,27)22-13-16-8-9-21-19(12-16)23-10-4-5-11-23/h1-3,6-9,12,18,22H,4-5,10-11,13-15H2. The van der Waals surface area contributed by atoms with Crippen molar-refractivity contribution in [1.82, 2.24) is 14.6 Å². The molecule has 2 saturated heterocycles. The molecule has 2 aliphatic heterocycles. The minimum Gasteiger partial charge on any atom is -0.357 e.